The standard InChI is InChI=1S/C15H17NO6S/c17-14(22-13-7-10-21-15(13)18)11-3-5-12(6-4-11)23(19,20)16-8-1-2-9-16/h3-6,13H,1-2,7-10H2/t13-/m1/s1. The minimum absolute atomic E-state index is 0.149. The molecule has 8 heteroatoms. The molecule has 0 unspecified atom stereocenters. The molecule has 1 aromatic carbocycles. The molecule has 0 spiro atoms. The highest BCUT2D eigenvalue weighted by molar-refractivity contribution is 7.89. The number of esters is 2. The van der Waals surface area contributed by atoms with Gasteiger partial charge in [-0.1, -0.05) is 0 Å². The minimum atomic E-state index is -3.51. The van der Waals surface area contributed by atoms with E-state index in [-0.39, 0.29) is 17.1 Å². The lowest BCUT2D eigenvalue weighted by atomic mass is 10.2. The first-order chi connectivity index (χ1) is 11.0. The Morgan fingerprint density at radius 2 is 1.83 bits per heavy atom. The van der Waals surface area contributed by atoms with Gasteiger partial charge in [0.05, 0.1) is 17.1 Å². The zero-order valence-corrected chi connectivity index (χ0v) is 13.3. The Morgan fingerprint density at radius 1 is 1.17 bits per heavy atom. The summed E-state index contributed by atoms with van der Waals surface area (Å²) in [5.41, 5.74) is 0.199. The SMILES string of the molecule is O=C(O[C@@H]1CCOC1=O)c1ccc(S(=O)(=O)N2CCCC2)cc1. The van der Waals surface area contributed by atoms with Crippen molar-refractivity contribution in [2.75, 3.05) is 19.7 Å². The summed E-state index contributed by atoms with van der Waals surface area (Å²) in [6.07, 6.45) is 1.18. The van der Waals surface area contributed by atoms with Crippen molar-refractivity contribution in [1.29, 1.82) is 0 Å². The molecule has 2 saturated heterocycles. The fourth-order valence-corrected chi connectivity index (χ4v) is 4.14. The Labute approximate surface area is 134 Å². The Kier molecular flexibility index (Phi) is 4.36. The maximum absolute atomic E-state index is 12.4. The molecule has 2 heterocycles. The number of carbonyl (C=O) groups excluding carboxylic acids is 2. The summed E-state index contributed by atoms with van der Waals surface area (Å²) >= 11 is 0. The van der Waals surface area contributed by atoms with E-state index < -0.39 is 28.1 Å². The van der Waals surface area contributed by atoms with Crippen LogP contribution >= 0.6 is 0 Å². The summed E-state index contributed by atoms with van der Waals surface area (Å²) in [6.45, 7) is 1.29. The Bertz CT molecular complexity index is 706. The minimum Gasteiger partial charge on any atom is -0.463 e. The maximum Gasteiger partial charge on any atom is 0.347 e. The molecule has 3 rings (SSSR count). The lowest BCUT2D eigenvalue weighted by Gasteiger charge is -2.15. The molecule has 0 saturated carbocycles. The van der Waals surface area contributed by atoms with Crippen LogP contribution in [0.4, 0.5) is 0 Å². The van der Waals surface area contributed by atoms with Crippen molar-refractivity contribution in [2.45, 2.75) is 30.3 Å². The lowest BCUT2D eigenvalue weighted by molar-refractivity contribution is -0.145. The van der Waals surface area contributed by atoms with Gasteiger partial charge in [-0.2, -0.15) is 4.31 Å². The van der Waals surface area contributed by atoms with Gasteiger partial charge in [-0.15, -0.1) is 0 Å². The van der Waals surface area contributed by atoms with Gasteiger partial charge in [-0.05, 0) is 37.1 Å². The van der Waals surface area contributed by atoms with Crippen LogP contribution in [0.1, 0.15) is 29.6 Å². The van der Waals surface area contributed by atoms with Crippen LogP contribution in [0.2, 0.25) is 0 Å². The normalized spacial score (nSPS) is 22.1. The number of hydrogen-bond acceptors (Lipinski definition) is 6. The molecule has 0 bridgehead atoms. The van der Waals surface area contributed by atoms with Crippen LogP contribution in [-0.2, 0) is 24.3 Å². The average molecular weight is 339 g/mol. The van der Waals surface area contributed by atoms with Crippen molar-refractivity contribution >= 4 is 22.0 Å². The molecular weight excluding hydrogens is 322 g/mol. The van der Waals surface area contributed by atoms with Crippen molar-refractivity contribution in [3.8, 4) is 0 Å². The van der Waals surface area contributed by atoms with E-state index in [0.717, 1.165) is 12.8 Å². The highest BCUT2D eigenvalue weighted by atomic mass is 32.2. The van der Waals surface area contributed by atoms with E-state index >= 15 is 0 Å². The first-order valence-corrected chi connectivity index (χ1v) is 8.90. The van der Waals surface area contributed by atoms with Gasteiger partial charge in [0, 0.05) is 19.5 Å². The fourth-order valence-electron chi connectivity index (χ4n) is 2.62. The predicted molar refractivity (Wildman–Crippen MR) is 79.2 cm³/mol. The highest BCUT2D eigenvalue weighted by Crippen LogP contribution is 2.21. The fraction of sp³-hybridized carbons (Fsp3) is 0.467. The van der Waals surface area contributed by atoms with Gasteiger partial charge in [0.2, 0.25) is 16.1 Å². The molecule has 0 radical (unpaired) electrons. The average Bonchev–Trinajstić information content (AvgIpc) is 3.20. The Hall–Kier alpha value is -1.93. The molecule has 7 nitrogen and oxygen atoms in total. The van der Waals surface area contributed by atoms with Gasteiger partial charge in [0.1, 0.15) is 0 Å². The van der Waals surface area contributed by atoms with Gasteiger partial charge >= 0.3 is 11.9 Å². The third kappa shape index (κ3) is 3.23. The summed E-state index contributed by atoms with van der Waals surface area (Å²) in [5, 5.41) is 0. The van der Waals surface area contributed by atoms with Crippen molar-refractivity contribution in [2.24, 2.45) is 0 Å². The van der Waals surface area contributed by atoms with Crippen LogP contribution in [0.5, 0.6) is 0 Å². The summed E-state index contributed by atoms with van der Waals surface area (Å²) in [4.78, 5) is 23.4. The number of sulfonamides is 1. The molecule has 0 aliphatic carbocycles. The van der Waals surface area contributed by atoms with Crippen LogP contribution in [0.15, 0.2) is 29.2 Å². The van der Waals surface area contributed by atoms with E-state index in [2.05, 4.69) is 0 Å². The second kappa shape index (κ2) is 6.29. The zero-order chi connectivity index (χ0) is 16.4. The van der Waals surface area contributed by atoms with Gasteiger partial charge in [0.25, 0.3) is 0 Å². The van der Waals surface area contributed by atoms with Crippen molar-refractivity contribution in [1.82, 2.24) is 4.31 Å². The van der Waals surface area contributed by atoms with Crippen LogP contribution in [0.25, 0.3) is 0 Å². The van der Waals surface area contributed by atoms with Gasteiger partial charge in [0.15, 0.2) is 0 Å². The molecule has 0 aromatic heterocycles. The lowest BCUT2D eigenvalue weighted by Crippen LogP contribution is -2.28. The molecule has 23 heavy (non-hydrogen) atoms. The number of benzene rings is 1. The third-order valence-electron chi connectivity index (χ3n) is 3.93. The van der Waals surface area contributed by atoms with Crippen molar-refractivity contribution in [3.63, 3.8) is 0 Å². The van der Waals surface area contributed by atoms with E-state index in [0.29, 0.717) is 19.5 Å². The summed E-state index contributed by atoms with van der Waals surface area (Å²) in [5.74, 6) is -1.22. The van der Waals surface area contributed by atoms with Crippen LogP contribution in [0.3, 0.4) is 0 Å². The zero-order valence-electron chi connectivity index (χ0n) is 12.4. The highest BCUT2D eigenvalue weighted by Gasteiger charge is 2.31. The molecule has 0 N–H and O–H groups in total. The van der Waals surface area contributed by atoms with Crippen LogP contribution in [-0.4, -0.2) is 50.5 Å². The summed E-state index contributed by atoms with van der Waals surface area (Å²) < 4.78 is 36.0. The Morgan fingerprint density at radius 3 is 2.39 bits per heavy atom. The molecular formula is C15H17NO6S. The van der Waals surface area contributed by atoms with Crippen LogP contribution in [0, 0.1) is 0 Å². The second-order valence-electron chi connectivity index (χ2n) is 5.49. The number of ether oxygens (including phenoxy) is 2. The molecule has 2 aliphatic rings. The summed E-state index contributed by atoms with van der Waals surface area (Å²) in [6, 6.07) is 5.56. The topological polar surface area (TPSA) is 90.0 Å². The molecule has 0 amide bonds. The second-order valence-corrected chi connectivity index (χ2v) is 7.42. The molecule has 124 valence electrons. The van der Waals surface area contributed by atoms with Crippen molar-refractivity contribution < 1.29 is 27.5 Å². The summed E-state index contributed by atoms with van der Waals surface area (Å²) in [7, 11) is -3.51. The number of rotatable bonds is 4. The number of cyclic esters (lactones) is 1. The molecule has 2 fully saturated rings. The number of carbonyl (C=O) groups is 2. The first kappa shape index (κ1) is 15.9. The van der Waals surface area contributed by atoms with Crippen LogP contribution < -0.4 is 0 Å². The van der Waals surface area contributed by atoms with Crippen molar-refractivity contribution in [3.05, 3.63) is 29.8 Å². The Balaban J connectivity index is 1.71. The van der Waals surface area contributed by atoms with E-state index in [1.165, 1.54) is 28.6 Å². The third-order valence-corrected chi connectivity index (χ3v) is 5.84. The largest absolute Gasteiger partial charge is 0.463 e. The van der Waals surface area contributed by atoms with E-state index in [9.17, 15) is 18.0 Å². The monoisotopic (exact) mass is 339 g/mol. The van der Waals surface area contributed by atoms with E-state index in [1.54, 1.807) is 0 Å². The first-order valence-electron chi connectivity index (χ1n) is 7.46. The van der Waals surface area contributed by atoms with E-state index in [1.807, 2.05) is 0 Å². The molecule has 1 atom stereocenters. The molecule has 1 aromatic rings. The van der Waals surface area contributed by atoms with Gasteiger partial charge < -0.3 is 9.47 Å². The van der Waals surface area contributed by atoms with Gasteiger partial charge in [-0.25, -0.2) is 18.0 Å². The maximum atomic E-state index is 12.4. The number of hydrogen-bond donors (Lipinski definition) is 0. The molecule has 2 aliphatic heterocycles. The number of nitrogens with zero attached hydrogens (tertiary/aromatic N) is 1. The quantitative estimate of drug-likeness (QED) is 0.759. The van der Waals surface area contributed by atoms with Gasteiger partial charge in [-0.3, -0.25) is 0 Å². The predicted octanol–water partition coefficient (Wildman–Crippen LogP) is 0.943. The van der Waals surface area contributed by atoms with E-state index in [4.69, 9.17) is 9.47 Å². The smallest absolute Gasteiger partial charge is 0.347 e.